The molecule has 0 spiro atoms. The molecule has 1 atom stereocenters. The Morgan fingerprint density at radius 3 is 2.29 bits per heavy atom. The van der Waals surface area contributed by atoms with Crippen LogP contribution in [-0.4, -0.2) is 50.0 Å². The molecular formula is C26H34IN3O4S. The van der Waals surface area contributed by atoms with Gasteiger partial charge in [0.2, 0.25) is 21.8 Å². The predicted octanol–water partition coefficient (Wildman–Crippen LogP) is 4.23. The minimum absolute atomic E-state index is 0.119. The molecule has 1 saturated carbocycles. The van der Waals surface area contributed by atoms with E-state index in [0.29, 0.717) is 5.69 Å². The fraction of sp³-hybridized carbons (Fsp3) is 0.462. The molecule has 2 aromatic carbocycles. The Hall–Kier alpha value is -2.14. The van der Waals surface area contributed by atoms with Crippen LogP contribution < -0.4 is 9.62 Å². The largest absolute Gasteiger partial charge is 0.352 e. The first-order valence-electron chi connectivity index (χ1n) is 11.9. The number of carbonyl (C=O) groups excluding carboxylic acids is 2. The fourth-order valence-electron chi connectivity index (χ4n) is 4.34. The number of aryl methyl sites for hydroxylation is 1. The van der Waals surface area contributed by atoms with Gasteiger partial charge in [0, 0.05) is 16.2 Å². The Kier molecular flexibility index (Phi) is 9.57. The standard InChI is InChI=1S/C26H34IN3O4S/c1-19-9-7-8-10-21(19)17-29(20(2)26(32)28-23-11-5-4-6-12-23)25(31)18-30(35(3,33)34)24-15-13-22(27)14-16-24/h7-10,13-16,20,23H,4-6,11-12,17-18H2,1-3H3,(H,28,32)/t20-/m0/s1. The monoisotopic (exact) mass is 611 g/mol. The molecule has 0 saturated heterocycles. The Labute approximate surface area is 222 Å². The zero-order chi connectivity index (χ0) is 25.6. The smallest absolute Gasteiger partial charge is 0.244 e. The third-order valence-corrected chi connectivity index (χ3v) is 8.37. The molecule has 0 radical (unpaired) electrons. The number of hydrogen-bond donors (Lipinski definition) is 1. The number of hydrogen-bond acceptors (Lipinski definition) is 4. The lowest BCUT2D eigenvalue weighted by Crippen LogP contribution is -2.53. The number of anilines is 1. The van der Waals surface area contributed by atoms with Crippen LogP contribution in [0.4, 0.5) is 5.69 Å². The highest BCUT2D eigenvalue weighted by molar-refractivity contribution is 14.1. The van der Waals surface area contributed by atoms with Gasteiger partial charge in [0.25, 0.3) is 0 Å². The summed E-state index contributed by atoms with van der Waals surface area (Å²) in [7, 11) is -3.73. The number of benzene rings is 2. The summed E-state index contributed by atoms with van der Waals surface area (Å²) >= 11 is 2.14. The molecule has 7 nitrogen and oxygen atoms in total. The van der Waals surface area contributed by atoms with E-state index in [1.54, 1.807) is 31.2 Å². The first-order chi connectivity index (χ1) is 16.6. The number of sulfonamides is 1. The van der Waals surface area contributed by atoms with Crippen molar-refractivity contribution in [2.45, 2.75) is 64.6 Å². The van der Waals surface area contributed by atoms with Gasteiger partial charge < -0.3 is 10.2 Å². The van der Waals surface area contributed by atoms with E-state index in [2.05, 4.69) is 27.9 Å². The summed E-state index contributed by atoms with van der Waals surface area (Å²) in [4.78, 5) is 28.3. The van der Waals surface area contributed by atoms with E-state index in [9.17, 15) is 18.0 Å². The number of nitrogens with zero attached hydrogens (tertiary/aromatic N) is 2. The Morgan fingerprint density at radius 2 is 1.69 bits per heavy atom. The number of rotatable bonds is 9. The van der Waals surface area contributed by atoms with Gasteiger partial charge in [-0.25, -0.2) is 8.42 Å². The van der Waals surface area contributed by atoms with E-state index in [-0.39, 0.29) is 25.0 Å². The van der Waals surface area contributed by atoms with Gasteiger partial charge in [0.15, 0.2) is 0 Å². The summed E-state index contributed by atoms with van der Waals surface area (Å²) in [5, 5.41) is 3.11. The highest BCUT2D eigenvalue weighted by Crippen LogP contribution is 2.22. The lowest BCUT2D eigenvalue weighted by Gasteiger charge is -2.33. The average molecular weight is 612 g/mol. The lowest BCUT2D eigenvalue weighted by atomic mass is 9.95. The average Bonchev–Trinajstić information content (AvgIpc) is 2.82. The molecular weight excluding hydrogens is 577 g/mol. The molecule has 2 aromatic rings. The molecule has 1 N–H and O–H groups in total. The molecule has 0 heterocycles. The van der Waals surface area contributed by atoms with Crippen molar-refractivity contribution < 1.29 is 18.0 Å². The molecule has 190 valence electrons. The molecule has 1 aliphatic carbocycles. The van der Waals surface area contributed by atoms with Crippen LogP contribution in [-0.2, 0) is 26.2 Å². The SMILES string of the molecule is Cc1ccccc1CN(C(=O)CN(c1ccc(I)cc1)S(C)(=O)=O)[C@@H](C)C(=O)NC1CCCCC1. The summed E-state index contributed by atoms with van der Waals surface area (Å²) in [5.41, 5.74) is 2.33. The molecule has 9 heteroatoms. The molecule has 1 fully saturated rings. The fourth-order valence-corrected chi connectivity index (χ4v) is 5.55. The van der Waals surface area contributed by atoms with E-state index in [4.69, 9.17) is 0 Å². The molecule has 0 unspecified atom stereocenters. The molecule has 0 bridgehead atoms. The van der Waals surface area contributed by atoms with E-state index < -0.39 is 22.0 Å². The minimum Gasteiger partial charge on any atom is -0.352 e. The molecule has 2 amide bonds. The van der Waals surface area contributed by atoms with Crippen LogP contribution in [0.3, 0.4) is 0 Å². The second-order valence-corrected chi connectivity index (χ2v) is 12.4. The van der Waals surface area contributed by atoms with Crippen LogP contribution in [0.2, 0.25) is 0 Å². The van der Waals surface area contributed by atoms with Gasteiger partial charge in [0.1, 0.15) is 12.6 Å². The van der Waals surface area contributed by atoms with Crippen LogP contribution in [0.5, 0.6) is 0 Å². The Bertz CT molecular complexity index is 1130. The van der Waals surface area contributed by atoms with E-state index in [1.807, 2.05) is 31.2 Å². The summed E-state index contributed by atoms with van der Waals surface area (Å²) in [5.74, 6) is -0.637. The van der Waals surface area contributed by atoms with Crippen LogP contribution in [0.1, 0.15) is 50.2 Å². The van der Waals surface area contributed by atoms with Crippen molar-refractivity contribution in [1.82, 2.24) is 10.2 Å². The quantitative estimate of drug-likeness (QED) is 0.431. The molecule has 35 heavy (non-hydrogen) atoms. The van der Waals surface area contributed by atoms with Crippen molar-refractivity contribution >= 4 is 50.1 Å². The van der Waals surface area contributed by atoms with E-state index in [0.717, 1.165) is 50.9 Å². The van der Waals surface area contributed by atoms with E-state index >= 15 is 0 Å². The maximum Gasteiger partial charge on any atom is 0.244 e. The Balaban J connectivity index is 1.87. The summed E-state index contributed by atoms with van der Waals surface area (Å²) in [6.45, 7) is 3.50. The van der Waals surface area contributed by atoms with Crippen LogP contribution in [0.25, 0.3) is 0 Å². The van der Waals surface area contributed by atoms with Gasteiger partial charge in [-0.15, -0.1) is 0 Å². The van der Waals surface area contributed by atoms with Crippen molar-refractivity contribution in [2.24, 2.45) is 0 Å². The normalized spacial score (nSPS) is 15.3. The Morgan fingerprint density at radius 1 is 1.06 bits per heavy atom. The zero-order valence-electron chi connectivity index (χ0n) is 20.5. The summed E-state index contributed by atoms with van der Waals surface area (Å²) in [6, 6.07) is 14.0. The van der Waals surface area contributed by atoms with Crippen molar-refractivity contribution in [2.75, 3.05) is 17.1 Å². The molecule has 0 aromatic heterocycles. The van der Waals surface area contributed by atoms with Crippen LogP contribution in [0.15, 0.2) is 48.5 Å². The predicted molar refractivity (Wildman–Crippen MR) is 148 cm³/mol. The first kappa shape index (κ1) is 27.4. The second kappa shape index (κ2) is 12.2. The third-order valence-electron chi connectivity index (χ3n) is 6.51. The first-order valence-corrected chi connectivity index (χ1v) is 14.9. The summed E-state index contributed by atoms with van der Waals surface area (Å²) in [6.07, 6.45) is 6.33. The summed E-state index contributed by atoms with van der Waals surface area (Å²) < 4.78 is 27.3. The van der Waals surface area contributed by atoms with Crippen LogP contribution >= 0.6 is 22.6 Å². The van der Waals surface area contributed by atoms with Gasteiger partial charge in [-0.1, -0.05) is 43.5 Å². The van der Waals surface area contributed by atoms with Crippen molar-refractivity contribution in [3.05, 3.63) is 63.2 Å². The number of nitrogens with one attached hydrogen (secondary N) is 1. The minimum atomic E-state index is -3.73. The zero-order valence-corrected chi connectivity index (χ0v) is 23.5. The van der Waals surface area contributed by atoms with Gasteiger partial charge in [-0.2, -0.15) is 0 Å². The van der Waals surface area contributed by atoms with Gasteiger partial charge in [0.05, 0.1) is 11.9 Å². The van der Waals surface area contributed by atoms with Gasteiger partial charge >= 0.3 is 0 Å². The second-order valence-electron chi connectivity index (χ2n) is 9.21. The van der Waals surface area contributed by atoms with Crippen molar-refractivity contribution in [1.29, 1.82) is 0 Å². The molecule has 3 rings (SSSR count). The maximum atomic E-state index is 13.6. The molecule has 1 aliphatic rings. The highest BCUT2D eigenvalue weighted by Gasteiger charge is 2.31. The van der Waals surface area contributed by atoms with Crippen LogP contribution in [0, 0.1) is 10.5 Å². The highest BCUT2D eigenvalue weighted by atomic mass is 127. The number of carbonyl (C=O) groups is 2. The van der Waals surface area contributed by atoms with Crippen molar-refractivity contribution in [3.8, 4) is 0 Å². The van der Waals surface area contributed by atoms with E-state index in [1.165, 1.54) is 11.3 Å². The van der Waals surface area contributed by atoms with Gasteiger partial charge in [-0.3, -0.25) is 13.9 Å². The topological polar surface area (TPSA) is 86.8 Å². The lowest BCUT2D eigenvalue weighted by molar-refractivity contribution is -0.139. The third kappa shape index (κ3) is 7.67. The van der Waals surface area contributed by atoms with Crippen molar-refractivity contribution in [3.63, 3.8) is 0 Å². The number of amides is 2. The number of halogens is 1. The maximum absolute atomic E-state index is 13.6. The van der Waals surface area contributed by atoms with Gasteiger partial charge in [-0.05, 0) is 84.7 Å². The molecule has 0 aliphatic heterocycles.